The third-order valence-electron chi connectivity index (χ3n) is 5.45. The van der Waals surface area contributed by atoms with Crippen LogP contribution in [0, 0.1) is 0 Å². The number of aromatic nitrogens is 2. The number of halogens is 1. The van der Waals surface area contributed by atoms with E-state index in [1.54, 1.807) is 14.2 Å². The number of rotatable bonds is 9. The van der Waals surface area contributed by atoms with E-state index >= 15 is 0 Å². The second-order valence-electron chi connectivity index (χ2n) is 7.53. The maximum Gasteiger partial charge on any atom is 0.162 e. The molecule has 1 aliphatic rings. The van der Waals surface area contributed by atoms with Crippen LogP contribution in [0.15, 0.2) is 42.7 Å². The molecule has 1 aliphatic heterocycles. The molecule has 0 bridgehead atoms. The minimum absolute atomic E-state index is 0.354. The average molecular weight is 443 g/mol. The molecule has 0 spiro atoms. The van der Waals surface area contributed by atoms with Crippen molar-refractivity contribution in [1.29, 1.82) is 0 Å². The van der Waals surface area contributed by atoms with E-state index in [1.807, 2.05) is 36.4 Å². The van der Waals surface area contributed by atoms with Gasteiger partial charge >= 0.3 is 0 Å². The minimum atomic E-state index is 0.354. The Morgan fingerprint density at radius 3 is 2.84 bits per heavy atom. The summed E-state index contributed by atoms with van der Waals surface area (Å²) < 4.78 is 17.1. The second kappa shape index (κ2) is 10.1. The monoisotopic (exact) mass is 442 g/mol. The number of hydrogen-bond donors (Lipinski definition) is 1. The summed E-state index contributed by atoms with van der Waals surface area (Å²) in [6.45, 7) is 3.65. The lowest BCUT2D eigenvalue weighted by Gasteiger charge is -2.17. The van der Waals surface area contributed by atoms with Crippen molar-refractivity contribution in [3.05, 3.63) is 47.7 Å². The van der Waals surface area contributed by atoms with Crippen molar-refractivity contribution in [1.82, 2.24) is 14.9 Å². The Kier molecular flexibility index (Phi) is 7.06. The molecule has 164 valence electrons. The molecular formula is C23H27ClN4O3. The summed E-state index contributed by atoms with van der Waals surface area (Å²) in [6, 6.07) is 11.3. The first-order chi connectivity index (χ1) is 15.2. The van der Waals surface area contributed by atoms with Gasteiger partial charge in [-0.2, -0.15) is 0 Å². The number of anilines is 2. The highest BCUT2D eigenvalue weighted by atomic mass is 35.5. The van der Waals surface area contributed by atoms with Crippen LogP contribution in [-0.4, -0.2) is 61.4 Å². The molecule has 1 unspecified atom stereocenters. The van der Waals surface area contributed by atoms with Crippen LogP contribution in [0.3, 0.4) is 0 Å². The van der Waals surface area contributed by atoms with E-state index in [2.05, 4.69) is 20.2 Å². The Balaban J connectivity index is 1.47. The van der Waals surface area contributed by atoms with Crippen molar-refractivity contribution < 1.29 is 14.2 Å². The molecule has 8 heteroatoms. The van der Waals surface area contributed by atoms with E-state index in [9.17, 15) is 0 Å². The lowest BCUT2D eigenvalue weighted by atomic mass is 10.2. The maximum absolute atomic E-state index is 6.11. The molecule has 2 heterocycles. The molecule has 1 aromatic heterocycles. The highest BCUT2D eigenvalue weighted by Gasteiger charge is 2.21. The van der Waals surface area contributed by atoms with Crippen LogP contribution < -0.4 is 14.8 Å². The van der Waals surface area contributed by atoms with Crippen molar-refractivity contribution in [2.75, 3.05) is 45.8 Å². The number of benzene rings is 2. The maximum atomic E-state index is 6.11. The van der Waals surface area contributed by atoms with Crippen molar-refractivity contribution in [2.24, 2.45) is 0 Å². The zero-order chi connectivity index (χ0) is 21.6. The van der Waals surface area contributed by atoms with Crippen LogP contribution >= 0.6 is 11.6 Å². The summed E-state index contributed by atoms with van der Waals surface area (Å²) in [5, 5.41) is 4.82. The quantitative estimate of drug-likeness (QED) is 0.488. The Labute approximate surface area is 187 Å². The van der Waals surface area contributed by atoms with Gasteiger partial charge in [0.2, 0.25) is 0 Å². The Bertz CT molecular complexity index is 1030. The number of methoxy groups -OCH3 is 2. The molecule has 31 heavy (non-hydrogen) atoms. The van der Waals surface area contributed by atoms with Crippen LogP contribution in [0.2, 0.25) is 5.02 Å². The van der Waals surface area contributed by atoms with Gasteiger partial charge in [0.05, 0.1) is 25.3 Å². The van der Waals surface area contributed by atoms with Gasteiger partial charge in [-0.05, 0) is 37.1 Å². The molecule has 1 saturated heterocycles. The number of nitrogens with one attached hydrogen (secondary N) is 1. The lowest BCUT2D eigenvalue weighted by Crippen LogP contribution is -2.25. The third-order valence-corrected chi connectivity index (χ3v) is 5.68. The zero-order valence-electron chi connectivity index (χ0n) is 17.8. The largest absolute Gasteiger partial charge is 0.493 e. The Hall–Kier alpha value is -2.61. The minimum Gasteiger partial charge on any atom is -0.493 e. The third kappa shape index (κ3) is 5.36. The molecule has 0 saturated carbocycles. The van der Waals surface area contributed by atoms with E-state index in [4.69, 9.17) is 25.8 Å². The summed E-state index contributed by atoms with van der Waals surface area (Å²) in [6.07, 6.45) is 3.90. The van der Waals surface area contributed by atoms with E-state index < -0.39 is 0 Å². The highest BCUT2D eigenvalue weighted by Crippen LogP contribution is 2.35. The first kappa shape index (κ1) is 21.6. The van der Waals surface area contributed by atoms with E-state index in [0.717, 1.165) is 49.1 Å². The van der Waals surface area contributed by atoms with Crippen molar-refractivity contribution in [2.45, 2.75) is 18.9 Å². The van der Waals surface area contributed by atoms with Gasteiger partial charge in [0.1, 0.15) is 12.1 Å². The summed E-state index contributed by atoms with van der Waals surface area (Å²) in [4.78, 5) is 11.2. The molecule has 7 nitrogen and oxygen atoms in total. The first-order valence-electron chi connectivity index (χ1n) is 10.4. The summed E-state index contributed by atoms with van der Waals surface area (Å²) in [5.41, 5.74) is 1.62. The number of fused-ring (bicyclic) bond motifs is 1. The molecule has 1 N–H and O–H groups in total. The fourth-order valence-electron chi connectivity index (χ4n) is 3.80. The molecule has 4 rings (SSSR count). The number of ether oxygens (including phenoxy) is 3. The van der Waals surface area contributed by atoms with Crippen molar-refractivity contribution in [3.8, 4) is 11.5 Å². The summed E-state index contributed by atoms with van der Waals surface area (Å²) in [5.74, 6) is 2.01. The number of likely N-dealkylation sites (tertiary alicyclic amines) is 1. The number of hydrogen-bond acceptors (Lipinski definition) is 7. The topological polar surface area (TPSA) is 68.7 Å². The van der Waals surface area contributed by atoms with E-state index in [1.165, 1.54) is 6.33 Å². The van der Waals surface area contributed by atoms with Crippen LogP contribution in [0.4, 0.5) is 11.5 Å². The molecule has 1 fully saturated rings. The fraction of sp³-hybridized carbons (Fsp3) is 0.391. The number of nitrogens with zero attached hydrogens (tertiary/aromatic N) is 3. The smallest absolute Gasteiger partial charge is 0.162 e. The van der Waals surface area contributed by atoms with Gasteiger partial charge in [-0.25, -0.2) is 9.97 Å². The SMILES string of the molecule is COc1cc2ncnc(Nc3cccc(Cl)c3)c2cc1OCCCN1CCC(OC)C1. The standard InChI is InChI=1S/C23H27ClN4O3/c1-29-18-7-9-28(14-18)8-4-10-31-22-12-19-20(13-21(22)30-2)25-15-26-23(19)27-17-6-3-5-16(24)11-17/h3,5-6,11-13,15,18H,4,7-10,14H2,1-2H3,(H,25,26,27). The first-order valence-corrected chi connectivity index (χ1v) is 10.8. The molecule has 0 aliphatic carbocycles. The van der Waals surface area contributed by atoms with Gasteiger partial charge in [-0.1, -0.05) is 17.7 Å². The lowest BCUT2D eigenvalue weighted by molar-refractivity contribution is 0.107. The van der Waals surface area contributed by atoms with Gasteiger partial charge in [0.15, 0.2) is 11.5 Å². The fourth-order valence-corrected chi connectivity index (χ4v) is 3.99. The van der Waals surface area contributed by atoms with Gasteiger partial charge in [0, 0.05) is 48.9 Å². The Morgan fingerprint density at radius 1 is 1.16 bits per heavy atom. The van der Waals surface area contributed by atoms with Gasteiger partial charge in [-0.3, -0.25) is 0 Å². The molecule has 0 radical (unpaired) electrons. The summed E-state index contributed by atoms with van der Waals surface area (Å²) in [7, 11) is 3.41. The Morgan fingerprint density at radius 2 is 2.06 bits per heavy atom. The van der Waals surface area contributed by atoms with E-state index in [-0.39, 0.29) is 0 Å². The predicted octanol–water partition coefficient (Wildman–Crippen LogP) is 4.53. The molecule has 0 amide bonds. The van der Waals surface area contributed by atoms with Crippen molar-refractivity contribution in [3.63, 3.8) is 0 Å². The average Bonchev–Trinajstić information content (AvgIpc) is 3.24. The van der Waals surface area contributed by atoms with Gasteiger partial charge in [-0.15, -0.1) is 0 Å². The molecular weight excluding hydrogens is 416 g/mol. The predicted molar refractivity (Wildman–Crippen MR) is 123 cm³/mol. The van der Waals surface area contributed by atoms with E-state index in [0.29, 0.717) is 35.1 Å². The molecule has 2 aromatic carbocycles. The van der Waals surface area contributed by atoms with Gasteiger partial charge < -0.3 is 24.4 Å². The van der Waals surface area contributed by atoms with Gasteiger partial charge in [0.25, 0.3) is 0 Å². The molecule has 3 aromatic rings. The molecule has 1 atom stereocenters. The van der Waals surface area contributed by atoms with Crippen LogP contribution in [-0.2, 0) is 4.74 Å². The highest BCUT2D eigenvalue weighted by molar-refractivity contribution is 6.30. The van der Waals surface area contributed by atoms with Crippen molar-refractivity contribution >= 4 is 34.0 Å². The van der Waals surface area contributed by atoms with Crippen LogP contribution in [0.25, 0.3) is 10.9 Å². The summed E-state index contributed by atoms with van der Waals surface area (Å²) >= 11 is 6.11. The second-order valence-corrected chi connectivity index (χ2v) is 7.96. The van der Waals surface area contributed by atoms with Crippen LogP contribution in [0.1, 0.15) is 12.8 Å². The zero-order valence-corrected chi connectivity index (χ0v) is 18.6. The normalized spacial score (nSPS) is 16.5. The van der Waals surface area contributed by atoms with Crippen LogP contribution in [0.5, 0.6) is 11.5 Å².